The van der Waals surface area contributed by atoms with Crippen LogP contribution >= 0.6 is 0 Å². The molecule has 5 nitrogen and oxygen atoms in total. The Hall–Kier alpha value is -1.01. The van der Waals surface area contributed by atoms with E-state index in [1.807, 2.05) is 26.8 Å². The third-order valence-electron chi connectivity index (χ3n) is 7.92. The fraction of sp³-hybridized carbons (Fsp3) is 0.750. The highest BCUT2D eigenvalue weighted by Crippen LogP contribution is 2.74. The first-order chi connectivity index (χ1) is 11.4. The molecule has 4 rings (SSSR count). The molecule has 0 aliphatic heterocycles. The lowest BCUT2D eigenvalue weighted by molar-refractivity contribution is -0.177. The summed E-state index contributed by atoms with van der Waals surface area (Å²) in [6.45, 7) is 7.29. The molecule has 0 aromatic rings. The minimum absolute atomic E-state index is 0.0257. The van der Waals surface area contributed by atoms with Gasteiger partial charge in [0.15, 0.2) is 5.78 Å². The maximum absolute atomic E-state index is 12.7. The summed E-state index contributed by atoms with van der Waals surface area (Å²) in [5.74, 6) is -1.95. The molecule has 7 atom stereocenters. The van der Waals surface area contributed by atoms with E-state index in [4.69, 9.17) is 0 Å². The molecule has 0 spiro atoms. The van der Waals surface area contributed by atoms with Gasteiger partial charge in [-0.15, -0.1) is 0 Å². The van der Waals surface area contributed by atoms with Gasteiger partial charge in [-0.25, -0.2) is 0 Å². The number of ketones is 1. The van der Waals surface area contributed by atoms with Crippen molar-refractivity contribution in [2.75, 3.05) is 6.61 Å². The lowest BCUT2D eigenvalue weighted by atomic mass is 9.60. The fourth-order valence-electron chi connectivity index (χ4n) is 6.40. The second-order valence-electron chi connectivity index (χ2n) is 9.38. The van der Waals surface area contributed by atoms with Crippen LogP contribution in [-0.2, 0) is 4.79 Å². The second kappa shape index (κ2) is 4.63. The molecule has 138 valence electrons. The number of hydrogen-bond acceptors (Lipinski definition) is 5. The van der Waals surface area contributed by atoms with Crippen molar-refractivity contribution in [2.24, 2.45) is 29.1 Å². The average Bonchev–Trinajstić information content (AvgIpc) is 2.90. The van der Waals surface area contributed by atoms with E-state index in [1.165, 1.54) is 0 Å². The van der Waals surface area contributed by atoms with Crippen LogP contribution in [0.3, 0.4) is 0 Å². The summed E-state index contributed by atoms with van der Waals surface area (Å²) in [5.41, 5.74) is -3.23. The lowest BCUT2D eigenvalue weighted by Gasteiger charge is -2.50. The summed E-state index contributed by atoms with van der Waals surface area (Å²) < 4.78 is 0. The molecule has 25 heavy (non-hydrogen) atoms. The van der Waals surface area contributed by atoms with E-state index in [0.29, 0.717) is 17.6 Å². The normalized spacial score (nSPS) is 53.2. The Labute approximate surface area is 148 Å². The van der Waals surface area contributed by atoms with Crippen molar-refractivity contribution in [3.8, 4) is 0 Å². The van der Waals surface area contributed by atoms with Gasteiger partial charge in [-0.1, -0.05) is 32.9 Å². The third kappa shape index (κ3) is 1.75. The zero-order valence-electron chi connectivity index (χ0n) is 15.3. The molecule has 2 fully saturated rings. The molecule has 4 aliphatic rings. The van der Waals surface area contributed by atoms with Gasteiger partial charge in [-0.05, 0) is 30.4 Å². The SMILES string of the molecule is CC1=C[C@@H]2C(O)(CC(CO)=CC3C4C(C)(C)[C@]4(O)C[C@@H](C)[C@@]32O)C1=O. The summed E-state index contributed by atoms with van der Waals surface area (Å²) in [7, 11) is 0. The number of hydrogen-bond donors (Lipinski definition) is 4. The van der Waals surface area contributed by atoms with Gasteiger partial charge in [-0.2, -0.15) is 0 Å². The number of aliphatic hydroxyl groups excluding tert-OH is 1. The van der Waals surface area contributed by atoms with Crippen molar-refractivity contribution >= 4 is 5.78 Å². The number of Topliss-reactive ketones (excluding diaryl/α,β-unsaturated/α-hetero) is 1. The lowest BCUT2D eigenvalue weighted by Crippen LogP contribution is -2.60. The van der Waals surface area contributed by atoms with Crippen molar-refractivity contribution in [1.82, 2.24) is 0 Å². The zero-order chi connectivity index (χ0) is 18.6. The number of rotatable bonds is 1. The van der Waals surface area contributed by atoms with Crippen LogP contribution in [0.2, 0.25) is 0 Å². The molecule has 0 saturated heterocycles. The molecule has 0 radical (unpaired) electrons. The Morgan fingerprint density at radius 1 is 1.20 bits per heavy atom. The standard InChI is InChI=1S/C20H28O5/c1-10-5-14-18(23,16(10)22)8-12(9-21)6-13-15-17(3,4)19(15,24)7-11(2)20(13,14)25/h5-6,11,13-15,21,23-25H,7-9H2,1-4H3/t11-,13?,14-,15?,18?,19+,20-/m1/s1. The highest BCUT2D eigenvalue weighted by Gasteiger charge is 2.80. The summed E-state index contributed by atoms with van der Waals surface area (Å²) in [4.78, 5) is 12.7. The van der Waals surface area contributed by atoms with Crippen molar-refractivity contribution in [3.05, 3.63) is 23.3 Å². The molecule has 0 amide bonds. The van der Waals surface area contributed by atoms with E-state index < -0.39 is 28.6 Å². The highest BCUT2D eigenvalue weighted by molar-refractivity contribution is 6.04. The summed E-state index contributed by atoms with van der Waals surface area (Å²) in [5, 5.41) is 44.0. The topological polar surface area (TPSA) is 98.0 Å². The second-order valence-corrected chi connectivity index (χ2v) is 9.38. The number of carbonyl (C=O) groups is 1. The van der Waals surface area contributed by atoms with Gasteiger partial charge in [-0.3, -0.25) is 4.79 Å². The average molecular weight is 348 g/mol. The molecule has 0 heterocycles. The van der Waals surface area contributed by atoms with E-state index in [2.05, 4.69) is 0 Å². The Kier molecular flexibility index (Phi) is 3.23. The Balaban J connectivity index is 1.92. The van der Waals surface area contributed by atoms with E-state index in [-0.39, 0.29) is 36.1 Å². The summed E-state index contributed by atoms with van der Waals surface area (Å²) in [6, 6.07) is 0. The van der Waals surface area contributed by atoms with Crippen LogP contribution in [0, 0.1) is 29.1 Å². The quantitative estimate of drug-likeness (QED) is 0.529. The number of fused-ring (bicyclic) bond motifs is 5. The van der Waals surface area contributed by atoms with Gasteiger partial charge < -0.3 is 20.4 Å². The monoisotopic (exact) mass is 348 g/mol. The Bertz CT molecular complexity index is 722. The predicted molar refractivity (Wildman–Crippen MR) is 91.4 cm³/mol. The van der Waals surface area contributed by atoms with E-state index >= 15 is 0 Å². The first kappa shape index (κ1) is 17.4. The van der Waals surface area contributed by atoms with Crippen LogP contribution in [0.5, 0.6) is 0 Å². The Morgan fingerprint density at radius 3 is 2.44 bits per heavy atom. The summed E-state index contributed by atoms with van der Waals surface area (Å²) >= 11 is 0. The minimum Gasteiger partial charge on any atom is -0.392 e. The molecular weight excluding hydrogens is 320 g/mol. The maximum atomic E-state index is 12.7. The molecule has 0 aromatic heterocycles. The van der Waals surface area contributed by atoms with Gasteiger partial charge in [0, 0.05) is 29.6 Å². The predicted octanol–water partition coefficient (Wildman–Crippen LogP) is 0.959. The van der Waals surface area contributed by atoms with Crippen molar-refractivity contribution in [1.29, 1.82) is 0 Å². The van der Waals surface area contributed by atoms with Crippen LogP contribution < -0.4 is 0 Å². The molecule has 3 unspecified atom stereocenters. The van der Waals surface area contributed by atoms with E-state index in [1.54, 1.807) is 13.0 Å². The fourth-order valence-corrected chi connectivity index (χ4v) is 6.40. The van der Waals surface area contributed by atoms with Gasteiger partial charge >= 0.3 is 0 Å². The molecular formula is C20H28O5. The highest BCUT2D eigenvalue weighted by atomic mass is 16.3. The first-order valence-electron chi connectivity index (χ1n) is 9.15. The molecule has 0 bridgehead atoms. The smallest absolute Gasteiger partial charge is 0.190 e. The van der Waals surface area contributed by atoms with Gasteiger partial charge in [0.05, 0.1) is 17.8 Å². The van der Waals surface area contributed by atoms with E-state index in [0.717, 1.165) is 0 Å². The maximum Gasteiger partial charge on any atom is 0.190 e. The molecule has 4 N–H and O–H groups in total. The minimum atomic E-state index is -1.72. The zero-order valence-corrected chi connectivity index (χ0v) is 15.3. The van der Waals surface area contributed by atoms with Crippen LogP contribution in [-0.4, -0.2) is 49.6 Å². The molecule has 2 saturated carbocycles. The van der Waals surface area contributed by atoms with Gasteiger partial charge in [0.2, 0.25) is 0 Å². The van der Waals surface area contributed by atoms with E-state index in [9.17, 15) is 25.2 Å². The van der Waals surface area contributed by atoms with Crippen LogP contribution in [0.15, 0.2) is 23.3 Å². The van der Waals surface area contributed by atoms with Crippen molar-refractivity contribution < 1.29 is 25.2 Å². The molecule has 5 heteroatoms. The number of carbonyl (C=O) groups excluding carboxylic acids is 1. The summed E-state index contributed by atoms with van der Waals surface area (Å²) in [6.07, 6.45) is 4.00. The number of aliphatic hydroxyl groups is 4. The third-order valence-corrected chi connectivity index (χ3v) is 7.92. The van der Waals surface area contributed by atoms with Crippen molar-refractivity contribution in [3.63, 3.8) is 0 Å². The molecule has 0 aromatic carbocycles. The van der Waals surface area contributed by atoms with Crippen LogP contribution in [0.1, 0.15) is 40.5 Å². The van der Waals surface area contributed by atoms with Crippen LogP contribution in [0.25, 0.3) is 0 Å². The Morgan fingerprint density at radius 2 is 1.84 bits per heavy atom. The van der Waals surface area contributed by atoms with Crippen molar-refractivity contribution in [2.45, 2.75) is 57.3 Å². The molecule has 4 aliphatic carbocycles. The van der Waals surface area contributed by atoms with Gasteiger partial charge in [0.25, 0.3) is 0 Å². The van der Waals surface area contributed by atoms with Crippen LogP contribution in [0.4, 0.5) is 0 Å². The van der Waals surface area contributed by atoms with Gasteiger partial charge in [0.1, 0.15) is 5.60 Å². The first-order valence-corrected chi connectivity index (χ1v) is 9.15. The largest absolute Gasteiger partial charge is 0.392 e.